The molecule has 0 aliphatic rings. The van der Waals surface area contributed by atoms with Crippen LogP contribution in [0, 0.1) is 5.82 Å². The number of hydrogen-bond donors (Lipinski definition) is 1. The molecule has 1 amide bonds. The van der Waals surface area contributed by atoms with E-state index in [-0.39, 0.29) is 29.8 Å². The molecule has 0 aliphatic carbocycles. The van der Waals surface area contributed by atoms with Crippen LogP contribution in [0.4, 0.5) is 4.39 Å². The van der Waals surface area contributed by atoms with Gasteiger partial charge >= 0.3 is 0 Å². The van der Waals surface area contributed by atoms with Gasteiger partial charge in [0.25, 0.3) is 11.8 Å². The average molecular weight is 460 g/mol. The first-order valence-electron chi connectivity index (χ1n) is 8.37. The molecule has 3 rings (SSSR count). The van der Waals surface area contributed by atoms with E-state index in [1.807, 2.05) is 0 Å². The molecule has 8 nitrogen and oxygen atoms in total. The molecule has 0 saturated heterocycles. The summed E-state index contributed by atoms with van der Waals surface area (Å²) < 4.78 is 19.4. The first kappa shape index (κ1) is 20.3. The Bertz CT molecular complexity index is 1050. The zero-order chi connectivity index (χ0) is 20.8. The normalized spacial score (nSPS) is 10.9. The van der Waals surface area contributed by atoms with Gasteiger partial charge in [-0.15, -0.1) is 5.10 Å². The maximum absolute atomic E-state index is 13.0. The molecule has 29 heavy (non-hydrogen) atoms. The minimum absolute atomic E-state index is 0.0897. The van der Waals surface area contributed by atoms with Crippen molar-refractivity contribution in [2.75, 3.05) is 13.7 Å². The van der Waals surface area contributed by atoms with Crippen LogP contribution in [0.15, 0.2) is 58.1 Å². The van der Waals surface area contributed by atoms with Gasteiger partial charge < -0.3 is 10.1 Å². The van der Waals surface area contributed by atoms with E-state index in [2.05, 4.69) is 36.7 Å². The first-order valence-corrected chi connectivity index (χ1v) is 9.16. The molecule has 0 aliphatic heterocycles. The fourth-order valence-corrected chi connectivity index (χ4v) is 2.52. The largest absolute Gasteiger partial charge is 0.466 e. The Labute approximate surface area is 173 Å². The van der Waals surface area contributed by atoms with Gasteiger partial charge in [0.2, 0.25) is 5.69 Å². The predicted molar refractivity (Wildman–Crippen MR) is 107 cm³/mol. The molecule has 1 aromatic heterocycles. The lowest BCUT2D eigenvalue weighted by Gasteiger charge is -2.06. The Hall–Kier alpha value is -3.40. The van der Waals surface area contributed by atoms with Crippen molar-refractivity contribution in [2.24, 2.45) is 5.10 Å². The third-order valence-corrected chi connectivity index (χ3v) is 4.28. The number of aromatic nitrogens is 3. The molecule has 0 bridgehead atoms. The second kappa shape index (κ2) is 9.20. The van der Waals surface area contributed by atoms with Crippen molar-refractivity contribution < 1.29 is 18.7 Å². The fourth-order valence-electron chi connectivity index (χ4n) is 2.25. The maximum atomic E-state index is 13.0. The van der Waals surface area contributed by atoms with Crippen LogP contribution in [0.5, 0.6) is 5.88 Å². The monoisotopic (exact) mass is 459 g/mol. The third-order valence-electron chi connectivity index (χ3n) is 3.75. The second-order valence-corrected chi connectivity index (χ2v) is 6.64. The number of benzene rings is 2. The number of hydrogen-bond acceptors (Lipinski definition) is 6. The van der Waals surface area contributed by atoms with Gasteiger partial charge in [-0.25, -0.2) is 4.39 Å². The van der Waals surface area contributed by atoms with Gasteiger partial charge in [-0.1, -0.05) is 45.0 Å². The number of carbonyl (C=O) groups excluding carboxylic acids is 2. The molecule has 3 aromatic rings. The lowest BCUT2D eigenvalue weighted by atomic mass is 10.1. The highest BCUT2D eigenvalue weighted by Gasteiger charge is 2.21. The molecule has 10 heteroatoms. The van der Waals surface area contributed by atoms with Gasteiger partial charge in [-0.05, 0) is 35.0 Å². The predicted octanol–water partition coefficient (Wildman–Crippen LogP) is 2.68. The zero-order valence-electron chi connectivity index (χ0n) is 15.2. The van der Waals surface area contributed by atoms with Crippen molar-refractivity contribution in [2.45, 2.75) is 0 Å². The summed E-state index contributed by atoms with van der Waals surface area (Å²) in [5.74, 6) is -1.30. The summed E-state index contributed by atoms with van der Waals surface area (Å²) in [5.41, 5.74) is 0.927. The molecule has 148 valence electrons. The summed E-state index contributed by atoms with van der Waals surface area (Å²) in [5, 5.41) is 14.0. The molecule has 2 aromatic carbocycles. The number of ketones is 1. The van der Waals surface area contributed by atoms with Crippen molar-refractivity contribution >= 4 is 33.8 Å². The Morgan fingerprint density at radius 1 is 1.21 bits per heavy atom. The van der Waals surface area contributed by atoms with E-state index in [4.69, 9.17) is 4.74 Å². The van der Waals surface area contributed by atoms with Crippen LogP contribution in [0.25, 0.3) is 0 Å². The van der Waals surface area contributed by atoms with E-state index in [1.54, 1.807) is 24.3 Å². The van der Waals surface area contributed by atoms with Crippen LogP contribution in [0.2, 0.25) is 0 Å². The molecule has 0 radical (unpaired) electrons. The lowest BCUT2D eigenvalue weighted by Crippen LogP contribution is -2.21. The maximum Gasteiger partial charge on any atom is 0.277 e. The molecular weight excluding hydrogens is 445 g/mol. The van der Waals surface area contributed by atoms with E-state index in [9.17, 15) is 14.0 Å². The topological polar surface area (TPSA) is 98.5 Å². The number of rotatable bonds is 7. The molecule has 0 unspecified atom stereocenters. The summed E-state index contributed by atoms with van der Waals surface area (Å²) in [7, 11) is 1.43. The number of carbonyl (C=O) groups is 2. The van der Waals surface area contributed by atoms with Gasteiger partial charge in [0, 0.05) is 17.1 Å². The SMILES string of the molecule is CNC(=O)c1nnn(/N=C\c2ccc(F)cc2)c1OCC(=O)c1ccc(Br)cc1. The quantitative estimate of drug-likeness (QED) is 0.432. The van der Waals surface area contributed by atoms with Crippen molar-refractivity contribution in [1.29, 1.82) is 0 Å². The Morgan fingerprint density at radius 2 is 1.90 bits per heavy atom. The van der Waals surface area contributed by atoms with Crippen LogP contribution in [-0.4, -0.2) is 46.7 Å². The summed E-state index contributed by atoms with van der Waals surface area (Å²) in [6.45, 7) is -0.342. The summed E-state index contributed by atoms with van der Waals surface area (Å²) in [6.07, 6.45) is 1.39. The van der Waals surface area contributed by atoms with Gasteiger partial charge in [-0.3, -0.25) is 9.59 Å². The highest BCUT2D eigenvalue weighted by atomic mass is 79.9. The van der Waals surface area contributed by atoms with Crippen LogP contribution in [0.3, 0.4) is 0 Å². The number of halogens is 2. The number of nitrogens with zero attached hydrogens (tertiary/aromatic N) is 4. The van der Waals surface area contributed by atoms with E-state index in [0.717, 1.165) is 9.26 Å². The highest BCUT2D eigenvalue weighted by Crippen LogP contribution is 2.17. The summed E-state index contributed by atoms with van der Waals surface area (Å²) >= 11 is 3.30. The van der Waals surface area contributed by atoms with E-state index in [1.165, 1.54) is 37.5 Å². The van der Waals surface area contributed by atoms with Gasteiger partial charge in [0.15, 0.2) is 12.4 Å². The molecule has 0 saturated carbocycles. The van der Waals surface area contributed by atoms with E-state index < -0.39 is 5.91 Å². The molecule has 0 spiro atoms. The Kier molecular flexibility index (Phi) is 6.45. The zero-order valence-corrected chi connectivity index (χ0v) is 16.8. The minimum Gasteiger partial charge on any atom is -0.466 e. The summed E-state index contributed by atoms with van der Waals surface area (Å²) in [6, 6.07) is 12.4. The number of ether oxygens (including phenoxy) is 1. The van der Waals surface area contributed by atoms with E-state index in [0.29, 0.717) is 11.1 Å². The standard InChI is InChI=1S/C19H15BrFN5O3/c1-22-18(28)17-19(29-11-16(27)13-4-6-14(20)7-5-13)26(25-24-17)23-10-12-2-8-15(21)9-3-12/h2-10H,11H2,1H3,(H,22,28)/b23-10-. The van der Waals surface area contributed by atoms with Crippen LogP contribution >= 0.6 is 15.9 Å². The molecule has 1 heterocycles. The molecular formula is C19H15BrFN5O3. The third kappa shape index (κ3) is 5.11. The van der Waals surface area contributed by atoms with Gasteiger partial charge in [-0.2, -0.15) is 5.10 Å². The number of Topliss-reactive ketones (excluding diaryl/α,β-unsaturated/α-hetero) is 1. The number of amides is 1. The van der Waals surface area contributed by atoms with Crippen molar-refractivity contribution in [1.82, 2.24) is 20.4 Å². The Balaban J connectivity index is 1.82. The van der Waals surface area contributed by atoms with E-state index >= 15 is 0 Å². The van der Waals surface area contributed by atoms with Crippen molar-refractivity contribution in [3.05, 3.63) is 75.6 Å². The van der Waals surface area contributed by atoms with Crippen molar-refractivity contribution in [3.8, 4) is 5.88 Å². The van der Waals surface area contributed by atoms with Gasteiger partial charge in [0.1, 0.15) is 5.82 Å². The fraction of sp³-hybridized carbons (Fsp3) is 0.105. The van der Waals surface area contributed by atoms with Crippen LogP contribution in [-0.2, 0) is 0 Å². The van der Waals surface area contributed by atoms with Crippen LogP contribution < -0.4 is 10.1 Å². The van der Waals surface area contributed by atoms with Crippen LogP contribution in [0.1, 0.15) is 26.4 Å². The minimum atomic E-state index is -0.542. The lowest BCUT2D eigenvalue weighted by molar-refractivity contribution is 0.0898. The average Bonchev–Trinajstić information content (AvgIpc) is 3.14. The summed E-state index contributed by atoms with van der Waals surface area (Å²) in [4.78, 5) is 25.4. The Morgan fingerprint density at radius 3 is 2.55 bits per heavy atom. The molecule has 0 fully saturated rings. The second-order valence-electron chi connectivity index (χ2n) is 5.73. The van der Waals surface area contributed by atoms with Gasteiger partial charge in [0.05, 0.1) is 6.21 Å². The number of nitrogens with one attached hydrogen (secondary N) is 1. The van der Waals surface area contributed by atoms with Crippen molar-refractivity contribution in [3.63, 3.8) is 0 Å². The smallest absolute Gasteiger partial charge is 0.277 e. The highest BCUT2D eigenvalue weighted by molar-refractivity contribution is 9.10. The molecule has 1 N–H and O–H groups in total. The molecule has 0 atom stereocenters. The first-order chi connectivity index (χ1) is 14.0.